The maximum atomic E-state index is 13.4. The van der Waals surface area contributed by atoms with E-state index in [0.29, 0.717) is 30.2 Å². The first-order valence-electron chi connectivity index (χ1n) is 11.2. The summed E-state index contributed by atoms with van der Waals surface area (Å²) >= 11 is 6.06. The maximum Gasteiger partial charge on any atom is 0.253 e. The SMILES string of the molecule is O=C(c1cccc(Cl)c1)N1CCCC(C(=O)N2CCCC(c3nc4ccncc4[nH]3)C2)C1. The molecule has 2 atom stereocenters. The molecule has 2 fully saturated rings. The second-order valence-electron chi connectivity index (χ2n) is 8.74. The van der Waals surface area contributed by atoms with Crippen molar-refractivity contribution in [3.05, 3.63) is 59.1 Å². The molecule has 4 heterocycles. The van der Waals surface area contributed by atoms with Crippen molar-refractivity contribution in [2.75, 3.05) is 26.2 Å². The fourth-order valence-electron chi connectivity index (χ4n) is 4.90. The fourth-order valence-corrected chi connectivity index (χ4v) is 5.09. The van der Waals surface area contributed by atoms with E-state index in [1.54, 1.807) is 41.6 Å². The van der Waals surface area contributed by atoms with Gasteiger partial charge in [-0.05, 0) is 49.9 Å². The van der Waals surface area contributed by atoms with Crippen molar-refractivity contribution < 1.29 is 9.59 Å². The molecule has 8 heteroatoms. The number of H-pyrrole nitrogens is 1. The van der Waals surface area contributed by atoms with E-state index in [9.17, 15) is 9.59 Å². The number of hydrogen-bond donors (Lipinski definition) is 1. The van der Waals surface area contributed by atoms with Crippen molar-refractivity contribution in [1.82, 2.24) is 24.8 Å². The molecule has 5 rings (SSSR count). The largest absolute Gasteiger partial charge is 0.342 e. The normalized spacial score (nSPS) is 21.7. The lowest BCUT2D eigenvalue weighted by Crippen LogP contribution is -2.49. The van der Waals surface area contributed by atoms with Crippen LogP contribution in [0, 0.1) is 5.92 Å². The molecule has 166 valence electrons. The number of piperidine rings is 2. The Kier molecular flexibility index (Phi) is 5.83. The second kappa shape index (κ2) is 8.90. The number of nitrogens with zero attached hydrogens (tertiary/aromatic N) is 4. The van der Waals surface area contributed by atoms with Crippen molar-refractivity contribution in [1.29, 1.82) is 0 Å². The number of aromatic amines is 1. The van der Waals surface area contributed by atoms with Crippen LogP contribution in [0.2, 0.25) is 5.02 Å². The summed E-state index contributed by atoms with van der Waals surface area (Å²) in [4.78, 5) is 42.3. The summed E-state index contributed by atoms with van der Waals surface area (Å²) in [7, 11) is 0. The van der Waals surface area contributed by atoms with Crippen molar-refractivity contribution in [2.24, 2.45) is 5.92 Å². The molecule has 0 spiro atoms. The van der Waals surface area contributed by atoms with Crippen LogP contribution in [0.5, 0.6) is 0 Å². The molecule has 2 amide bonds. The molecule has 0 radical (unpaired) electrons. The third-order valence-corrected chi connectivity index (χ3v) is 6.79. The van der Waals surface area contributed by atoms with Gasteiger partial charge in [-0.15, -0.1) is 0 Å². The Morgan fingerprint density at radius 3 is 2.75 bits per heavy atom. The number of carbonyl (C=O) groups excluding carboxylic acids is 2. The number of halogens is 1. The first-order chi connectivity index (χ1) is 15.6. The highest BCUT2D eigenvalue weighted by atomic mass is 35.5. The quantitative estimate of drug-likeness (QED) is 0.655. The lowest BCUT2D eigenvalue weighted by Gasteiger charge is -2.38. The molecule has 0 bridgehead atoms. The van der Waals surface area contributed by atoms with Gasteiger partial charge in [-0.2, -0.15) is 0 Å². The minimum atomic E-state index is -0.162. The summed E-state index contributed by atoms with van der Waals surface area (Å²) in [6, 6.07) is 8.90. The highest BCUT2D eigenvalue weighted by molar-refractivity contribution is 6.30. The van der Waals surface area contributed by atoms with Gasteiger partial charge in [0.2, 0.25) is 5.91 Å². The molecule has 0 saturated carbocycles. The van der Waals surface area contributed by atoms with Gasteiger partial charge < -0.3 is 14.8 Å². The van der Waals surface area contributed by atoms with E-state index >= 15 is 0 Å². The first-order valence-corrected chi connectivity index (χ1v) is 11.6. The number of fused-ring (bicyclic) bond motifs is 1. The number of aromatic nitrogens is 3. The Hall–Kier alpha value is -2.93. The van der Waals surface area contributed by atoms with Crippen LogP contribution in [0.4, 0.5) is 0 Å². The smallest absolute Gasteiger partial charge is 0.253 e. The van der Waals surface area contributed by atoms with Crippen LogP contribution >= 0.6 is 11.6 Å². The lowest BCUT2D eigenvalue weighted by molar-refractivity contribution is -0.138. The summed E-state index contributed by atoms with van der Waals surface area (Å²) in [6.45, 7) is 2.55. The molecule has 1 aromatic carbocycles. The summed E-state index contributed by atoms with van der Waals surface area (Å²) in [5.41, 5.74) is 2.40. The Morgan fingerprint density at radius 1 is 1.06 bits per heavy atom. The van der Waals surface area contributed by atoms with E-state index in [0.717, 1.165) is 49.1 Å². The highest BCUT2D eigenvalue weighted by Gasteiger charge is 2.34. The number of pyridine rings is 1. The zero-order valence-electron chi connectivity index (χ0n) is 17.8. The predicted molar refractivity (Wildman–Crippen MR) is 123 cm³/mol. The van der Waals surface area contributed by atoms with Gasteiger partial charge in [0.1, 0.15) is 5.82 Å². The number of rotatable bonds is 3. The molecule has 2 unspecified atom stereocenters. The molecule has 0 aliphatic carbocycles. The molecule has 2 aliphatic heterocycles. The summed E-state index contributed by atoms with van der Waals surface area (Å²) in [5, 5.41) is 0.543. The van der Waals surface area contributed by atoms with Crippen LogP contribution in [-0.4, -0.2) is 62.7 Å². The average molecular weight is 452 g/mol. The monoisotopic (exact) mass is 451 g/mol. The van der Waals surface area contributed by atoms with E-state index < -0.39 is 0 Å². The fraction of sp³-hybridized carbons (Fsp3) is 0.417. The summed E-state index contributed by atoms with van der Waals surface area (Å²) < 4.78 is 0. The van der Waals surface area contributed by atoms with Gasteiger partial charge in [0.25, 0.3) is 5.91 Å². The van der Waals surface area contributed by atoms with Gasteiger partial charge in [0, 0.05) is 48.9 Å². The molecule has 3 aromatic rings. The van der Waals surface area contributed by atoms with Crippen molar-refractivity contribution in [3.63, 3.8) is 0 Å². The number of nitrogens with one attached hydrogen (secondary N) is 1. The third kappa shape index (κ3) is 4.21. The standard InChI is InChI=1S/C24H26ClN5O2/c25-19-7-1-4-16(12-19)23(31)30-11-3-6-18(15-30)24(32)29-10-2-5-17(14-29)22-27-20-8-9-26-13-21(20)28-22/h1,4,7-9,12-13,17-18H,2-3,5-6,10-11,14-15H2,(H,27,28). The Morgan fingerprint density at radius 2 is 1.91 bits per heavy atom. The number of imidazole rings is 1. The van der Waals surface area contributed by atoms with Crippen LogP contribution in [0.1, 0.15) is 47.8 Å². The van der Waals surface area contributed by atoms with Gasteiger partial charge in [0.15, 0.2) is 0 Å². The van der Waals surface area contributed by atoms with E-state index in [2.05, 4.69) is 9.97 Å². The number of hydrogen-bond acceptors (Lipinski definition) is 4. The summed E-state index contributed by atoms with van der Waals surface area (Å²) in [5.74, 6) is 1.04. The van der Waals surface area contributed by atoms with Crippen molar-refractivity contribution in [2.45, 2.75) is 31.6 Å². The van der Waals surface area contributed by atoms with Gasteiger partial charge in [-0.1, -0.05) is 17.7 Å². The number of benzene rings is 1. The van der Waals surface area contributed by atoms with Crippen molar-refractivity contribution in [3.8, 4) is 0 Å². The Balaban J connectivity index is 1.26. The van der Waals surface area contributed by atoms with E-state index in [4.69, 9.17) is 16.6 Å². The number of amides is 2. The lowest BCUT2D eigenvalue weighted by atomic mass is 9.92. The minimum absolute atomic E-state index is 0.0580. The van der Waals surface area contributed by atoms with Crippen LogP contribution in [-0.2, 0) is 4.79 Å². The van der Waals surface area contributed by atoms with Crippen molar-refractivity contribution >= 4 is 34.4 Å². The van der Waals surface area contributed by atoms with Gasteiger partial charge >= 0.3 is 0 Å². The zero-order chi connectivity index (χ0) is 22.1. The molecule has 7 nitrogen and oxygen atoms in total. The highest BCUT2D eigenvalue weighted by Crippen LogP contribution is 2.29. The van der Waals surface area contributed by atoms with E-state index in [1.807, 2.05) is 11.0 Å². The zero-order valence-corrected chi connectivity index (χ0v) is 18.6. The van der Waals surface area contributed by atoms with Crippen LogP contribution in [0.25, 0.3) is 11.0 Å². The van der Waals surface area contributed by atoms with Gasteiger partial charge in [-0.3, -0.25) is 14.6 Å². The number of likely N-dealkylation sites (tertiary alicyclic amines) is 2. The topological polar surface area (TPSA) is 82.2 Å². The van der Waals surface area contributed by atoms with Crippen LogP contribution < -0.4 is 0 Å². The summed E-state index contributed by atoms with van der Waals surface area (Å²) in [6.07, 6.45) is 7.12. The Labute approximate surface area is 191 Å². The molecule has 1 N–H and O–H groups in total. The van der Waals surface area contributed by atoms with Crippen LogP contribution in [0.3, 0.4) is 0 Å². The predicted octanol–water partition coefficient (Wildman–Crippen LogP) is 3.87. The van der Waals surface area contributed by atoms with Gasteiger partial charge in [-0.25, -0.2) is 4.98 Å². The average Bonchev–Trinajstić information content (AvgIpc) is 3.28. The number of carbonyl (C=O) groups is 2. The molecular weight excluding hydrogens is 426 g/mol. The third-order valence-electron chi connectivity index (χ3n) is 6.55. The first kappa shape index (κ1) is 20.9. The molecule has 2 saturated heterocycles. The van der Waals surface area contributed by atoms with E-state index in [1.165, 1.54) is 0 Å². The molecular formula is C24H26ClN5O2. The molecule has 32 heavy (non-hydrogen) atoms. The van der Waals surface area contributed by atoms with Crippen LogP contribution in [0.15, 0.2) is 42.7 Å². The second-order valence-corrected chi connectivity index (χ2v) is 9.18. The Bertz CT molecular complexity index is 1110. The maximum absolute atomic E-state index is 13.4. The molecule has 2 aliphatic rings. The van der Waals surface area contributed by atoms with Gasteiger partial charge in [0.05, 0.1) is 23.1 Å². The molecule has 2 aromatic heterocycles. The minimum Gasteiger partial charge on any atom is -0.342 e. The van der Waals surface area contributed by atoms with E-state index in [-0.39, 0.29) is 23.7 Å².